The third-order valence-corrected chi connectivity index (χ3v) is 17.7. The number of benzene rings is 1. The average molecular weight is 843 g/mol. The number of hydrogen-bond donors (Lipinski definition) is 5. The van der Waals surface area contributed by atoms with Crippen LogP contribution in [0.1, 0.15) is 165 Å². The van der Waals surface area contributed by atoms with Crippen molar-refractivity contribution in [1.82, 2.24) is 10.6 Å². The fourth-order valence-corrected chi connectivity index (χ4v) is 14.9. The molecule has 1 amide bonds. The van der Waals surface area contributed by atoms with Gasteiger partial charge < -0.3 is 40.2 Å². The predicted molar refractivity (Wildman–Crippen MR) is 228 cm³/mol. The number of ether oxygens (including phenoxy) is 3. The maximum atomic E-state index is 15.5. The van der Waals surface area contributed by atoms with Crippen LogP contribution in [0.5, 0.6) is 11.5 Å². The van der Waals surface area contributed by atoms with Crippen LogP contribution in [0.15, 0.2) is 12.1 Å². The number of piperidine rings is 2. The van der Waals surface area contributed by atoms with Gasteiger partial charge in [0.25, 0.3) is 0 Å². The molecule has 8 aliphatic rings. The van der Waals surface area contributed by atoms with Gasteiger partial charge in [-0.15, -0.1) is 5.92 Å². The second-order valence-electron chi connectivity index (χ2n) is 21.1. The molecule has 2 saturated heterocycles. The molecular formula is C50H70N2O9. The minimum Gasteiger partial charge on any atom is -0.504 e. The summed E-state index contributed by atoms with van der Waals surface area (Å²) in [6.45, 7) is 5.11. The summed E-state index contributed by atoms with van der Waals surface area (Å²) in [5.41, 5.74) is -0.405. The standard InChI is InChI=1S/C50H70N2O9/c1-31(54)24-33-10-9-11-34-26-38-39(48(30-53)17-7-8-18-48)29-59-44-40(56)14-13-37(42(38)44)43(34)49(20-22-51-23-21-49)41(27-36(25-33)60-32(2)55)61-46(58)50-19-4-3-12-35(50)28-47(45(57)52-50)15-5-6-16-47/h13-14,31,33-36,38-39,41,43,51,53-54,56H,3-8,10,12,15-30H2,1-2H3,(H,52,57)/t31-,33-,34+,35+,36+,38-,39+,41+,43+,50+/m0/s1. The van der Waals surface area contributed by atoms with Gasteiger partial charge in [0.15, 0.2) is 11.5 Å². The lowest BCUT2D eigenvalue weighted by atomic mass is 9.51. The number of carbonyl (C=O) groups excluding carboxylic acids is 3. The molecule has 1 aromatic carbocycles. The normalized spacial score (nSPS) is 36.4. The first-order valence-corrected chi connectivity index (χ1v) is 24.1. The number of carbonyl (C=O) groups is 3. The van der Waals surface area contributed by atoms with Crippen LogP contribution in [0.4, 0.5) is 0 Å². The Hall–Kier alpha value is -3.33. The van der Waals surface area contributed by atoms with Gasteiger partial charge >= 0.3 is 11.9 Å². The first kappa shape index (κ1) is 42.9. The molecule has 11 heteroatoms. The number of fused-ring (bicyclic) bond motifs is 4. The van der Waals surface area contributed by atoms with E-state index in [1.807, 2.05) is 0 Å². The van der Waals surface area contributed by atoms with Crippen LogP contribution < -0.4 is 15.4 Å². The predicted octanol–water partition coefficient (Wildman–Crippen LogP) is 6.94. The lowest BCUT2D eigenvalue weighted by Crippen LogP contribution is -2.69. The van der Waals surface area contributed by atoms with Crippen molar-refractivity contribution in [3.63, 3.8) is 0 Å². The highest BCUT2D eigenvalue weighted by Gasteiger charge is 2.62. The fourth-order valence-electron chi connectivity index (χ4n) is 14.9. The highest BCUT2D eigenvalue weighted by atomic mass is 16.6. The number of aliphatic hydroxyl groups is 2. The van der Waals surface area contributed by atoms with Crippen LogP contribution in [0.2, 0.25) is 0 Å². The van der Waals surface area contributed by atoms with Gasteiger partial charge in [0.2, 0.25) is 5.91 Å². The van der Waals surface area contributed by atoms with Gasteiger partial charge in [-0.3, -0.25) is 9.59 Å². The van der Waals surface area contributed by atoms with Gasteiger partial charge in [-0.2, -0.15) is 0 Å². The van der Waals surface area contributed by atoms with E-state index in [4.69, 9.17) is 14.2 Å². The highest BCUT2D eigenvalue weighted by molar-refractivity contribution is 5.93. The second kappa shape index (κ2) is 17.0. The van der Waals surface area contributed by atoms with Gasteiger partial charge in [0.05, 0.1) is 12.7 Å². The Labute approximate surface area is 362 Å². The molecule has 9 rings (SSSR count). The van der Waals surface area contributed by atoms with E-state index < -0.39 is 40.7 Å². The number of phenolic OH excluding ortho intramolecular Hbond substituents is 1. The fraction of sp³-hybridized carbons (Fsp3) is 0.780. The number of rotatable bonds is 7. The van der Waals surface area contributed by atoms with Gasteiger partial charge in [-0.05, 0) is 126 Å². The number of aromatic hydroxyl groups is 1. The maximum Gasteiger partial charge on any atom is 0.332 e. The lowest BCUT2D eigenvalue weighted by molar-refractivity contribution is -0.184. The zero-order valence-corrected chi connectivity index (χ0v) is 36.6. The lowest BCUT2D eigenvalue weighted by Gasteiger charge is -2.56. The van der Waals surface area contributed by atoms with E-state index in [0.29, 0.717) is 76.8 Å². The molecule has 11 nitrogen and oxygen atoms in total. The minimum atomic E-state index is -1.12. The largest absolute Gasteiger partial charge is 0.504 e. The van der Waals surface area contributed by atoms with E-state index in [1.54, 1.807) is 13.0 Å². The van der Waals surface area contributed by atoms with Crippen LogP contribution in [0.3, 0.4) is 0 Å². The number of amides is 1. The van der Waals surface area contributed by atoms with Crippen LogP contribution in [-0.2, 0) is 23.9 Å². The number of esters is 2. The van der Waals surface area contributed by atoms with Crippen LogP contribution >= 0.6 is 0 Å². The number of aliphatic hydroxyl groups excluding tert-OH is 2. The van der Waals surface area contributed by atoms with Crippen molar-refractivity contribution in [3.05, 3.63) is 23.3 Å². The summed E-state index contributed by atoms with van der Waals surface area (Å²) in [5, 5.41) is 40.3. The molecule has 1 aromatic rings. The molecular weight excluding hydrogens is 773 g/mol. The first-order chi connectivity index (χ1) is 29.4. The molecule has 3 heterocycles. The summed E-state index contributed by atoms with van der Waals surface area (Å²) in [6, 6.07) is 3.81. The Bertz CT molecular complexity index is 1880. The SMILES string of the molecule is CC(=O)O[C@@H]1C[C@H](C[C@H](C)O)CC#C[C@@H]2C[C@@H]3c4c(ccc(O)c4OC[C@H]3C3(CO)CCCC3)[C@@H]2C2(CCNCC2)[C@H](OC(=O)[C@@]23CCCC[C@@H]2CC2(CCCC2)C(=O)N3)C1. The summed E-state index contributed by atoms with van der Waals surface area (Å²) in [6.07, 6.45) is 13.7. The summed E-state index contributed by atoms with van der Waals surface area (Å²) in [4.78, 5) is 42.7. The number of phenols is 1. The van der Waals surface area contributed by atoms with Crippen LogP contribution in [0, 0.1) is 51.8 Å². The average Bonchev–Trinajstić information content (AvgIpc) is 3.93. The van der Waals surface area contributed by atoms with Crippen molar-refractivity contribution >= 4 is 17.8 Å². The van der Waals surface area contributed by atoms with Gasteiger partial charge in [0.1, 0.15) is 17.7 Å². The van der Waals surface area contributed by atoms with Gasteiger partial charge in [0, 0.05) is 65.9 Å². The molecule has 3 aliphatic heterocycles. The summed E-state index contributed by atoms with van der Waals surface area (Å²) in [5.74, 6) is 6.92. The zero-order valence-electron chi connectivity index (χ0n) is 36.6. The number of hydrogen-bond acceptors (Lipinski definition) is 10. The Morgan fingerprint density at radius 2 is 1.70 bits per heavy atom. The van der Waals surface area contributed by atoms with Crippen molar-refractivity contribution in [1.29, 1.82) is 0 Å². The molecule has 0 unspecified atom stereocenters. The molecule has 5 aliphatic carbocycles. The molecule has 61 heavy (non-hydrogen) atoms. The van der Waals surface area contributed by atoms with Crippen molar-refractivity contribution in [3.8, 4) is 23.3 Å². The van der Waals surface area contributed by atoms with Crippen molar-refractivity contribution < 1.29 is 43.9 Å². The summed E-state index contributed by atoms with van der Waals surface area (Å²) >= 11 is 0. The Morgan fingerprint density at radius 3 is 2.43 bits per heavy atom. The van der Waals surface area contributed by atoms with E-state index in [1.165, 1.54) is 6.92 Å². The second-order valence-corrected chi connectivity index (χ2v) is 21.1. The molecule has 3 saturated carbocycles. The molecule has 10 atom stereocenters. The Balaban J connectivity index is 1.19. The topological polar surface area (TPSA) is 164 Å². The van der Waals surface area contributed by atoms with Gasteiger partial charge in [-0.25, -0.2) is 4.79 Å². The van der Waals surface area contributed by atoms with E-state index >= 15 is 4.79 Å². The maximum absolute atomic E-state index is 15.5. The minimum absolute atomic E-state index is 0.000254. The highest BCUT2D eigenvalue weighted by Crippen LogP contribution is 2.65. The molecule has 0 aromatic heterocycles. The summed E-state index contributed by atoms with van der Waals surface area (Å²) < 4.78 is 20.0. The Morgan fingerprint density at radius 1 is 0.967 bits per heavy atom. The number of nitrogens with one attached hydrogen (secondary N) is 2. The molecule has 5 fully saturated rings. The molecule has 334 valence electrons. The van der Waals surface area contributed by atoms with E-state index in [0.717, 1.165) is 81.8 Å². The molecule has 2 spiro atoms. The van der Waals surface area contributed by atoms with Crippen molar-refractivity contribution in [2.24, 2.45) is 39.9 Å². The first-order valence-electron chi connectivity index (χ1n) is 24.1. The van der Waals surface area contributed by atoms with E-state index in [-0.39, 0.29) is 71.6 Å². The van der Waals surface area contributed by atoms with E-state index in [2.05, 4.69) is 28.5 Å². The Kier molecular flexibility index (Phi) is 12.0. The van der Waals surface area contributed by atoms with Crippen LogP contribution in [-0.4, -0.2) is 83.3 Å². The smallest absolute Gasteiger partial charge is 0.332 e. The quantitative estimate of drug-likeness (QED) is 0.144. The van der Waals surface area contributed by atoms with Crippen LogP contribution in [0.25, 0.3) is 0 Å². The van der Waals surface area contributed by atoms with Crippen molar-refractivity contribution in [2.45, 2.75) is 178 Å². The van der Waals surface area contributed by atoms with E-state index in [9.17, 15) is 24.9 Å². The third-order valence-electron chi connectivity index (χ3n) is 17.7. The third kappa shape index (κ3) is 7.56. The molecule has 5 N–H and O–H groups in total. The van der Waals surface area contributed by atoms with Gasteiger partial charge in [-0.1, -0.05) is 50.5 Å². The van der Waals surface area contributed by atoms with Crippen molar-refractivity contribution in [2.75, 3.05) is 26.3 Å². The zero-order chi connectivity index (χ0) is 42.6. The monoisotopic (exact) mass is 843 g/mol. The molecule has 0 bridgehead atoms. The summed E-state index contributed by atoms with van der Waals surface area (Å²) in [7, 11) is 0. The molecule has 0 radical (unpaired) electrons.